The first-order valence-corrected chi connectivity index (χ1v) is 8.02. The second-order valence-corrected chi connectivity index (χ2v) is 6.07. The van der Waals surface area contributed by atoms with E-state index in [1.807, 2.05) is 0 Å². The molecule has 0 saturated carbocycles. The van der Waals surface area contributed by atoms with Crippen LogP contribution >= 0.6 is 11.3 Å². The Labute approximate surface area is 143 Å². The van der Waals surface area contributed by atoms with Crippen LogP contribution in [0.15, 0.2) is 29.4 Å². The number of primary amides is 1. The highest BCUT2D eigenvalue weighted by atomic mass is 32.1. The van der Waals surface area contributed by atoms with Crippen molar-refractivity contribution in [3.05, 3.63) is 40.6 Å². The molecular weight excluding hydrogens is 355 g/mol. The number of carbonyl (C=O) groups excluding carboxylic acids is 1. The number of pyridine rings is 1. The molecule has 3 N–H and O–H groups in total. The highest BCUT2D eigenvalue weighted by Gasteiger charge is 2.40. The number of nitrogens with two attached hydrogens (primary N) is 1. The van der Waals surface area contributed by atoms with Crippen LogP contribution in [0.1, 0.15) is 28.9 Å². The number of aromatic nitrogens is 4. The van der Waals surface area contributed by atoms with E-state index in [9.17, 15) is 18.0 Å². The fraction of sp³-hybridized carbons (Fsp3) is 0.200. The van der Waals surface area contributed by atoms with E-state index < -0.39 is 18.0 Å². The number of nitrogens with one attached hydrogen (secondary N) is 1. The minimum absolute atomic E-state index is 0.109. The quantitative estimate of drug-likeness (QED) is 0.739. The normalized spacial score (nSPS) is 13.0. The number of thiophene rings is 1. The molecule has 6 nitrogen and oxygen atoms in total. The maximum atomic E-state index is 13.3. The Kier molecular flexibility index (Phi) is 4.29. The van der Waals surface area contributed by atoms with E-state index in [4.69, 9.17) is 5.73 Å². The number of hydrogen-bond donors (Lipinski definition) is 2. The predicted octanol–water partition coefficient (Wildman–Crippen LogP) is 3.36. The van der Waals surface area contributed by atoms with Crippen molar-refractivity contribution in [2.75, 3.05) is 0 Å². The summed E-state index contributed by atoms with van der Waals surface area (Å²) >= 11 is 1.33. The second kappa shape index (κ2) is 6.28. The smallest absolute Gasteiger partial charge is 0.364 e. The predicted molar refractivity (Wildman–Crippen MR) is 85.9 cm³/mol. The lowest BCUT2D eigenvalue weighted by Gasteiger charge is -2.21. The lowest BCUT2D eigenvalue weighted by molar-refractivity contribution is -0.146. The molecule has 1 atom stereocenters. The van der Waals surface area contributed by atoms with Crippen molar-refractivity contribution >= 4 is 17.2 Å². The molecule has 0 aliphatic rings. The number of nitrogens with zero attached hydrogens (tertiary/aromatic N) is 3. The van der Waals surface area contributed by atoms with Gasteiger partial charge >= 0.3 is 6.18 Å². The van der Waals surface area contributed by atoms with Crippen LogP contribution in [0.2, 0.25) is 0 Å². The number of hydrogen-bond acceptors (Lipinski definition) is 5. The van der Waals surface area contributed by atoms with Crippen molar-refractivity contribution in [1.29, 1.82) is 0 Å². The summed E-state index contributed by atoms with van der Waals surface area (Å²) < 4.78 is 40.0. The number of alkyl halides is 3. The number of amides is 1. The summed E-state index contributed by atoms with van der Waals surface area (Å²) in [6.07, 6.45) is -2.29. The van der Waals surface area contributed by atoms with Gasteiger partial charge in [0.15, 0.2) is 5.82 Å². The molecule has 0 aromatic carbocycles. The third kappa shape index (κ3) is 3.12. The minimum Gasteiger partial charge on any atom is -0.364 e. The molecule has 0 radical (unpaired) electrons. The summed E-state index contributed by atoms with van der Waals surface area (Å²) in [6.45, 7) is 1.03. The van der Waals surface area contributed by atoms with Crippen LogP contribution in [0.4, 0.5) is 13.2 Å². The van der Waals surface area contributed by atoms with E-state index in [1.54, 1.807) is 16.8 Å². The van der Waals surface area contributed by atoms with Gasteiger partial charge in [-0.05, 0) is 34.9 Å². The zero-order valence-corrected chi connectivity index (χ0v) is 13.6. The number of rotatable bonds is 4. The molecule has 3 heterocycles. The minimum atomic E-state index is -4.49. The molecule has 0 bridgehead atoms. The maximum Gasteiger partial charge on any atom is 0.395 e. The van der Waals surface area contributed by atoms with Crippen molar-refractivity contribution in [2.24, 2.45) is 5.73 Å². The van der Waals surface area contributed by atoms with Gasteiger partial charge < -0.3 is 5.73 Å². The Morgan fingerprint density at radius 3 is 2.60 bits per heavy atom. The van der Waals surface area contributed by atoms with Crippen molar-refractivity contribution in [2.45, 2.75) is 19.0 Å². The average Bonchev–Trinajstić information content (AvgIpc) is 3.24. The van der Waals surface area contributed by atoms with E-state index >= 15 is 0 Å². The van der Waals surface area contributed by atoms with Crippen LogP contribution < -0.4 is 5.73 Å². The summed E-state index contributed by atoms with van der Waals surface area (Å²) in [5.74, 6) is -2.55. The van der Waals surface area contributed by atoms with Crippen LogP contribution in [-0.4, -0.2) is 32.2 Å². The van der Waals surface area contributed by atoms with E-state index in [1.165, 1.54) is 17.7 Å². The second-order valence-electron chi connectivity index (χ2n) is 5.29. The molecule has 1 unspecified atom stereocenters. The van der Waals surface area contributed by atoms with Gasteiger partial charge in [0.05, 0.1) is 5.92 Å². The van der Waals surface area contributed by atoms with E-state index in [-0.39, 0.29) is 28.2 Å². The first kappa shape index (κ1) is 17.1. The molecule has 1 amide bonds. The van der Waals surface area contributed by atoms with Gasteiger partial charge in [-0.1, -0.05) is 0 Å². The van der Waals surface area contributed by atoms with E-state index in [0.717, 1.165) is 13.1 Å². The Morgan fingerprint density at radius 2 is 2.08 bits per heavy atom. The zero-order valence-electron chi connectivity index (χ0n) is 12.8. The third-order valence-corrected chi connectivity index (χ3v) is 4.44. The van der Waals surface area contributed by atoms with Crippen molar-refractivity contribution in [3.63, 3.8) is 0 Å². The van der Waals surface area contributed by atoms with Crippen LogP contribution in [-0.2, 0) is 0 Å². The zero-order chi connectivity index (χ0) is 18.2. The van der Waals surface area contributed by atoms with Gasteiger partial charge in [-0.2, -0.15) is 29.6 Å². The Balaban J connectivity index is 2.39. The van der Waals surface area contributed by atoms with Gasteiger partial charge in [0.2, 0.25) is 0 Å². The highest BCUT2D eigenvalue weighted by molar-refractivity contribution is 7.08. The summed E-state index contributed by atoms with van der Waals surface area (Å²) in [5.41, 5.74) is 6.01. The fourth-order valence-electron chi connectivity index (χ4n) is 2.49. The SMILES string of the molecule is CC(c1cnc(C(N)=O)c(-c2ccsc2)c1-c1ncn[nH]1)C(F)(F)F. The Hall–Kier alpha value is -2.75. The monoisotopic (exact) mass is 367 g/mol. The third-order valence-electron chi connectivity index (χ3n) is 3.76. The molecule has 3 aromatic heterocycles. The number of carbonyl (C=O) groups is 1. The molecule has 0 aliphatic carbocycles. The van der Waals surface area contributed by atoms with Gasteiger partial charge in [-0.25, -0.2) is 4.98 Å². The van der Waals surface area contributed by atoms with Gasteiger partial charge in [-0.15, -0.1) is 0 Å². The van der Waals surface area contributed by atoms with Gasteiger partial charge in [0.1, 0.15) is 12.0 Å². The van der Waals surface area contributed by atoms with E-state index in [2.05, 4.69) is 20.2 Å². The van der Waals surface area contributed by atoms with Crippen molar-refractivity contribution < 1.29 is 18.0 Å². The summed E-state index contributed by atoms with van der Waals surface area (Å²) in [4.78, 5) is 19.7. The van der Waals surface area contributed by atoms with Crippen molar-refractivity contribution in [1.82, 2.24) is 20.2 Å². The molecule has 3 rings (SSSR count). The van der Waals surface area contributed by atoms with Crippen LogP contribution in [0.5, 0.6) is 0 Å². The standard InChI is InChI=1S/C15H12F3N5OS/c1-7(15(16,17)18)9-4-20-12(13(19)24)10(8-2-3-25-5-8)11(9)14-21-6-22-23-14/h2-7H,1H3,(H2,19,24)(H,21,22,23). The molecule has 25 heavy (non-hydrogen) atoms. The van der Waals surface area contributed by atoms with Crippen molar-refractivity contribution in [3.8, 4) is 22.5 Å². The topological polar surface area (TPSA) is 97.6 Å². The lowest BCUT2D eigenvalue weighted by Crippen LogP contribution is -2.21. The van der Waals surface area contributed by atoms with Gasteiger partial charge in [-0.3, -0.25) is 14.9 Å². The van der Waals surface area contributed by atoms with Crippen LogP contribution in [0.3, 0.4) is 0 Å². The highest BCUT2D eigenvalue weighted by Crippen LogP contribution is 2.43. The Bertz CT molecular complexity index is 891. The molecule has 0 aliphatic heterocycles. The van der Waals surface area contributed by atoms with E-state index in [0.29, 0.717) is 5.56 Å². The summed E-state index contributed by atoms with van der Waals surface area (Å²) in [7, 11) is 0. The number of aromatic amines is 1. The van der Waals surface area contributed by atoms with Crippen LogP contribution in [0.25, 0.3) is 22.5 Å². The fourth-order valence-corrected chi connectivity index (χ4v) is 3.13. The largest absolute Gasteiger partial charge is 0.395 e. The molecule has 0 spiro atoms. The summed E-state index contributed by atoms with van der Waals surface area (Å²) in [5, 5.41) is 9.71. The molecular formula is C15H12F3N5OS. The molecule has 0 saturated heterocycles. The van der Waals surface area contributed by atoms with Gasteiger partial charge in [0.25, 0.3) is 5.91 Å². The Morgan fingerprint density at radius 1 is 1.32 bits per heavy atom. The maximum absolute atomic E-state index is 13.3. The number of halogens is 3. The molecule has 10 heteroatoms. The first-order chi connectivity index (χ1) is 11.8. The molecule has 130 valence electrons. The van der Waals surface area contributed by atoms with Crippen LogP contribution in [0, 0.1) is 0 Å². The lowest BCUT2D eigenvalue weighted by atomic mass is 9.89. The number of H-pyrrole nitrogens is 1. The van der Waals surface area contributed by atoms with Gasteiger partial charge in [0, 0.05) is 17.3 Å². The first-order valence-electron chi connectivity index (χ1n) is 7.08. The molecule has 0 fully saturated rings. The summed E-state index contributed by atoms with van der Waals surface area (Å²) in [6, 6.07) is 1.68. The molecule has 3 aromatic rings. The average molecular weight is 367 g/mol.